The highest BCUT2D eigenvalue weighted by molar-refractivity contribution is 5.41. The number of nitrogens with zero attached hydrogens (tertiary/aromatic N) is 2. The van der Waals surface area contributed by atoms with Gasteiger partial charge in [0, 0.05) is 24.9 Å². The van der Waals surface area contributed by atoms with Crippen molar-refractivity contribution in [3.63, 3.8) is 0 Å². The van der Waals surface area contributed by atoms with Gasteiger partial charge in [-0.05, 0) is 44.7 Å². The van der Waals surface area contributed by atoms with E-state index in [1.54, 1.807) is 0 Å². The summed E-state index contributed by atoms with van der Waals surface area (Å²) in [6.07, 6.45) is 4.54. The van der Waals surface area contributed by atoms with Gasteiger partial charge in [0.25, 0.3) is 0 Å². The minimum absolute atomic E-state index is 0.271. The van der Waals surface area contributed by atoms with Crippen LogP contribution in [0.25, 0.3) is 0 Å². The van der Waals surface area contributed by atoms with Crippen LogP contribution in [0.3, 0.4) is 0 Å². The molecule has 2 heterocycles. The monoisotopic (exact) mass is 220 g/mol. The highest BCUT2D eigenvalue weighted by Crippen LogP contribution is 2.24. The minimum atomic E-state index is 0.271. The third kappa shape index (κ3) is 2.53. The van der Waals surface area contributed by atoms with E-state index in [0.717, 1.165) is 24.5 Å². The average Bonchev–Trinajstić information content (AvgIpc) is 2.30. The van der Waals surface area contributed by atoms with E-state index in [1.165, 1.54) is 19.3 Å². The Morgan fingerprint density at radius 2 is 2.31 bits per heavy atom. The first-order valence-electron chi connectivity index (χ1n) is 6.12. The molecule has 1 aliphatic rings. The first-order valence-corrected chi connectivity index (χ1v) is 6.12. The maximum absolute atomic E-state index is 9.09. The maximum Gasteiger partial charge on any atom is 0.129 e. The van der Waals surface area contributed by atoms with E-state index in [-0.39, 0.29) is 6.61 Å². The van der Waals surface area contributed by atoms with Crippen LogP contribution in [-0.4, -0.2) is 29.3 Å². The summed E-state index contributed by atoms with van der Waals surface area (Å²) in [6, 6.07) is 6.62. The Hall–Kier alpha value is -1.09. The van der Waals surface area contributed by atoms with Gasteiger partial charge in [-0.25, -0.2) is 4.98 Å². The Morgan fingerprint density at radius 3 is 3.06 bits per heavy atom. The zero-order valence-corrected chi connectivity index (χ0v) is 9.89. The highest BCUT2D eigenvalue weighted by atomic mass is 16.3. The van der Waals surface area contributed by atoms with Crippen LogP contribution >= 0.6 is 0 Å². The molecule has 1 atom stereocenters. The highest BCUT2D eigenvalue weighted by Gasteiger charge is 2.22. The third-order valence-electron chi connectivity index (χ3n) is 3.26. The molecule has 0 aliphatic carbocycles. The summed E-state index contributed by atoms with van der Waals surface area (Å²) in [5.74, 6) is 1.07. The molecule has 0 amide bonds. The van der Waals surface area contributed by atoms with Crippen molar-refractivity contribution < 1.29 is 5.11 Å². The number of hydrogen-bond donors (Lipinski definition) is 1. The van der Waals surface area contributed by atoms with Gasteiger partial charge in [0.05, 0.1) is 0 Å². The summed E-state index contributed by atoms with van der Waals surface area (Å²) < 4.78 is 0. The Bertz CT molecular complexity index is 338. The summed E-state index contributed by atoms with van der Waals surface area (Å²) >= 11 is 0. The molecule has 1 fully saturated rings. The third-order valence-corrected chi connectivity index (χ3v) is 3.26. The molecule has 1 aromatic rings. The molecule has 0 bridgehead atoms. The predicted molar refractivity (Wildman–Crippen MR) is 65.7 cm³/mol. The van der Waals surface area contributed by atoms with Crippen LogP contribution in [0.4, 0.5) is 5.82 Å². The second kappa shape index (κ2) is 5.30. The molecule has 88 valence electrons. The maximum atomic E-state index is 9.09. The zero-order chi connectivity index (χ0) is 11.4. The van der Waals surface area contributed by atoms with Crippen LogP contribution in [0.2, 0.25) is 0 Å². The summed E-state index contributed by atoms with van der Waals surface area (Å²) in [4.78, 5) is 6.93. The molecule has 1 N–H and O–H groups in total. The fraction of sp³-hybridized carbons (Fsp3) is 0.615. The lowest BCUT2D eigenvalue weighted by Gasteiger charge is -2.36. The van der Waals surface area contributed by atoms with Crippen molar-refractivity contribution in [1.82, 2.24) is 4.98 Å². The van der Waals surface area contributed by atoms with Crippen molar-refractivity contribution in [1.29, 1.82) is 0 Å². The van der Waals surface area contributed by atoms with Gasteiger partial charge in [-0.2, -0.15) is 0 Å². The van der Waals surface area contributed by atoms with Gasteiger partial charge in [0.15, 0.2) is 0 Å². The number of hydrogen-bond acceptors (Lipinski definition) is 3. The van der Waals surface area contributed by atoms with Gasteiger partial charge in [-0.1, -0.05) is 6.07 Å². The first-order chi connectivity index (χ1) is 7.81. The number of pyridine rings is 1. The van der Waals surface area contributed by atoms with Gasteiger partial charge in [-0.15, -0.1) is 0 Å². The van der Waals surface area contributed by atoms with E-state index in [4.69, 9.17) is 5.11 Å². The zero-order valence-electron chi connectivity index (χ0n) is 9.89. The van der Waals surface area contributed by atoms with Crippen LogP contribution in [0.15, 0.2) is 18.2 Å². The second-order valence-corrected chi connectivity index (χ2v) is 4.49. The molecule has 1 aliphatic heterocycles. The van der Waals surface area contributed by atoms with E-state index < -0.39 is 0 Å². The number of aliphatic hydroxyl groups is 1. The molecule has 1 aromatic heterocycles. The second-order valence-electron chi connectivity index (χ2n) is 4.49. The lowest BCUT2D eigenvalue weighted by Crippen LogP contribution is -2.40. The van der Waals surface area contributed by atoms with E-state index in [9.17, 15) is 0 Å². The van der Waals surface area contributed by atoms with Crippen molar-refractivity contribution in [2.24, 2.45) is 0 Å². The number of aliphatic hydroxyl groups excluding tert-OH is 1. The molecule has 0 aromatic carbocycles. The van der Waals surface area contributed by atoms with Crippen LogP contribution in [0, 0.1) is 6.92 Å². The molecule has 0 spiro atoms. The Kier molecular flexibility index (Phi) is 3.78. The summed E-state index contributed by atoms with van der Waals surface area (Å²) in [5.41, 5.74) is 1.06. The van der Waals surface area contributed by atoms with Crippen molar-refractivity contribution in [3.05, 3.63) is 23.9 Å². The molecular formula is C13H20N2O. The van der Waals surface area contributed by atoms with Crippen LogP contribution in [0.1, 0.15) is 31.4 Å². The van der Waals surface area contributed by atoms with Crippen LogP contribution < -0.4 is 4.90 Å². The molecule has 1 saturated heterocycles. The van der Waals surface area contributed by atoms with E-state index in [2.05, 4.69) is 22.0 Å². The Labute approximate surface area is 97.1 Å². The van der Waals surface area contributed by atoms with Gasteiger partial charge in [0.1, 0.15) is 5.82 Å². The predicted octanol–water partition coefficient (Wildman–Crippen LogP) is 2.13. The van der Waals surface area contributed by atoms with Crippen molar-refractivity contribution >= 4 is 5.82 Å². The molecule has 3 heteroatoms. The quantitative estimate of drug-likeness (QED) is 0.847. The van der Waals surface area contributed by atoms with Crippen molar-refractivity contribution in [2.75, 3.05) is 18.1 Å². The van der Waals surface area contributed by atoms with Gasteiger partial charge < -0.3 is 10.0 Å². The normalized spacial score (nSPS) is 21.1. The molecule has 16 heavy (non-hydrogen) atoms. The summed E-state index contributed by atoms with van der Waals surface area (Å²) in [6.45, 7) is 3.36. The fourth-order valence-corrected chi connectivity index (χ4v) is 2.44. The van der Waals surface area contributed by atoms with E-state index >= 15 is 0 Å². The number of aromatic nitrogens is 1. The summed E-state index contributed by atoms with van der Waals surface area (Å²) in [7, 11) is 0. The lowest BCUT2D eigenvalue weighted by molar-refractivity contribution is 0.262. The SMILES string of the molecule is Cc1cccc(N2CCCCC2CCO)n1. The largest absolute Gasteiger partial charge is 0.396 e. The Balaban J connectivity index is 2.16. The minimum Gasteiger partial charge on any atom is -0.396 e. The Morgan fingerprint density at radius 1 is 1.44 bits per heavy atom. The standard InChI is InChI=1S/C13H20N2O/c1-11-5-4-7-13(14-11)15-9-3-2-6-12(15)8-10-16/h4-5,7,12,16H,2-3,6,8-10H2,1H3. The smallest absolute Gasteiger partial charge is 0.129 e. The number of rotatable bonds is 3. The molecule has 2 rings (SSSR count). The van der Waals surface area contributed by atoms with Gasteiger partial charge >= 0.3 is 0 Å². The van der Waals surface area contributed by atoms with Crippen LogP contribution in [0.5, 0.6) is 0 Å². The average molecular weight is 220 g/mol. The topological polar surface area (TPSA) is 36.4 Å². The molecule has 0 saturated carbocycles. The van der Waals surface area contributed by atoms with E-state index in [0.29, 0.717) is 6.04 Å². The molecule has 1 unspecified atom stereocenters. The van der Waals surface area contributed by atoms with Crippen molar-refractivity contribution in [2.45, 2.75) is 38.6 Å². The van der Waals surface area contributed by atoms with E-state index in [1.807, 2.05) is 13.0 Å². The molecular weight excluding hydrogens is 200 g/mol. The molecule has 0 radical (unpaired) electrons. The van der Waals surface area contributed by atoms with Gasteiger partial charge in [0.2, 0.25) is 0 Å². The number of piperidine rings is 1. The summed E-state index contributed by atoms with van der Waals surface area (Å²) in [5, 5.41) is 9.09. The number of anilines is 1. The molecule has 3 nitrogen and oxygen atoms in total. The first kappa shape index (κ1) is 11.4. The van der Waals surface area contributed by atoms with Crippen molar-refractivity contribution in [3.8, 4) is 0 Å². The fourth-order valence-electron chi connectivity index (χ4n) is 2.44. The lowest BCUT2D eigenvalue weighted by atomic mass is 9.99. The number of aryl methyl sites for hydroxylation is 1. The van der Waals surface area contributed by atoms with Gasteiger partial charge in [-0.3, -0.25) is 0 Å². The van der Waals surface area contributed by atoms with Crippen LogP contribution in [-0.2, 0) is 0 Å².